The summed E-state index contributed by atoms with van der Waals surface area (Å²) in [4.78, 5) is 13.3. The maximum absolute atomic E-state index is 12.2. The van der Waals surface area contributed by atoms with Gasteiger partial charge in [0.25, 0.3) is 5.91 Å². The highest BCUT2D eigenvalue weighted by molar-refractivity contribution is 7.13. The van der Waals surface area contributed by atoms with Gasteiger partial charge in [0.1, 0.15) is 0 Å². The molecule has 3 nitrogen and oxygen atoms in total. The molecule has 2 heterocycles. The molecule has 20 heavy (non-hydrogen) atoms. The van der Waals surface area contributed by atoms with Crippen molar-refractivity contribution in [1.82, 2.24) is 5.32 Å². The third-order valence-electron chi connectivity index (χ3n) is 3.44. The third kappa shape index (κ3) is 3.08. The Labute approximate surface area is 122 Å². The minimum atomic E-state index is -0.0288. The summed E-state index contributed by atoms with van der Waals surface area (Å²) >= 11 is 1.68. The Hall–Kier alpha value is -1.65. The Kier molecular flexibility index (Phi) is 4.14. The number of carbonyl (C=O) groups is 1. The van der Waals surface area contributed by atoms with Crippen LogP contribution in [0.15, 0.2) is 41.8 Å². The minimum Gasteiger partial charge on any atom is -0.376 e. The van der Waals surface area contributed by atoms with Gasteiger partial charge in [-0.2, -0.15) is 0 Å². The summed E-state index contributed by atoms with van der Waals surface area (Å²) in [6.07, 6.45) is 2.31. The normalized spacial score (nSPS) is 18.1. The lowest BCUT2D eigenvalue weighted by molar-refractivity contribution is 0.0858. The number of hydrogen-bond donors (Lipinski definition) is 1. The summed E-state index contributed by atoms with van der Waals surface area (Å²) in [5.41, 5.74) is 1.79. The van der Waals surface area contributed by atoms with Crippen molar-refractivity contribution >= 4 is 17.2 Å². The molecule has 4 heteroatoms. The predicted octanol–water partition coefficient (Wildman–Crippen LogP) is 3.32. The van der Waals surface area contributed by atoms with Crippen LogP contribution in [-0.2, 0) is 4.74 Å². The lowest BCUT2D eigenvalue weighted by atomic mass is 10.1. The SMILES string of the molecule is O=C(NC[C@@H]1CCCO1)c1cccc(-c2cccs2)c1. The Bertz CT molecular complexity index is 574. The molecule has 3 rings (SSSR count). The zero-order chi connectivity index (χ0) is 13.8. The van der Waals surface area contributed by atoms with Crippen LogP contribution in [0.5, 0.6) is 0 Å². The number of nitrogens with one attached hydrogen (secondary N) is 1. The van der Waals surface area contributed by atoms with Crippen LogP contribution in [0.4, 0.5) is 0 Å². The number of carbonyl (C=O) groups excluding carboxylic acids is 1. The summed E-state index contributed by atoms with van der Waals surface area (Å²) in [5.74, 6) is -0.0288. The molecular formula is C16H17NO2S. The maximum atomic E-state index is 12.2. The largest absolute Gasteiger partial charge is 0.376 e. The van der Waals surface area contributed by atoms with Gasteiger partial charge >= 0.3 is 0 Å². The number of hydrogen-bond acceptors (Lipinski definition) is 3. The topological polar surface area (TPSA) is 38.3 Å². The van der Waals surface area contributed by atoms with Crippen molar-refractivity contribution in [2.45, 2.75) is 18.9 Å². The van der Waals surface area contributed by atoms with Gasteiger partial charge in [-0.3, -0.25) is 4.79 Å². The molecule has 0 unspecified atom stereocenters. The number of benzene rings is 1. The quantitative estimate of drug-likeness (QED) is 0.936. The molecule has 104 valence electrons. The van der Waals surface area contributed by atoms with E-state index in [-0.39, 0.29) is 12.0 Å². The summed E-state index contributed by atoms with van der Waals surface area (Å²) in [7, 11) is 0. The summed E-state index contributed by atoms with van der Waals surface area (Å²) in [6, 6.07) is 11.8. The smallest absolute Gasteiger partial charge is 0.251 e. The van der Waals surface area contributed by atoms with Crippen LogP contribution in [0.25, 0.3) is 10.4 Å². The van der Waals surface area contributed by atoms with E-state index in [0.29, 0.717) is 12.1 Å². The standard InChI is InChI=1S/C16H17NO2S/c18-16(17-11-14-6-2-8-19-14)13-5-1-4-12(10-13)15-7-3-9-20-15/h1,3-5,7,9-10,14H,2,6,8,11H2,(H,17,18)/t14-/m0/s1. The molecule has 1 aromatic heterocycles. The van der Waals surface area contributed by atoms with E-state index in [1.165, 1.54) is 4.88 Å². The lowest BCUT2D eigenvalue weighted by Crippen LogP contribution is -2.31. The summed E-state index contributed by atoms with van der Waals surface area (Å²) in [5, 5.41) is 4.99. The fraction of sp³-hybridized carbons (Fsp3) is 0.312. The van der Waals surface area contributed by atoms with Gasteiger partial charge in [-0.05, 0) is 42.0 Å². The molecule has 1 aliphatic rings. The Balaban J connectivity index is 1.66. The fourth-order valence-electron chi connectivity index (χ4n) is 2.37. The highest BCUT2D eigenvalue weighted by atomic mass is 32.1. The van der Waals surface area contributed by atoms with E-state index in [1.54, 1.807) is 11.3 Å². The van der Waals surface area contributed by atoms with Gasteiger partial charge in [0, 0.05) is 23.6 Å². The van der Waals surface area contributed by atoms with Crippen molar-refractivity contribution in [3.05, 3.63) is 47.3 Å². The second kappa shape index (κ2) is 6.20. The average Bonchev–Trinajstić information content (AvgIpc) is 3.18. The van der Waals surface area contributed by atoms with E-state index >= 15 is 0 Å². The zero-order valence-electron chi connectivity index (χ0n) is 11.2. The second-order valence-electron chi connectivity index (χ2n) is 4.90. The number of thiophene rings is 1. The molecule has 1 aromatic carbocycles. The van der Waals surface area contributed by atoms with E-state index in [9.17, 15) is 4.79 Å². The second-order valence-corrected chi connectivity index (χ2v) is 5.85. The Morgan fingerprint density at radius 3 is 3.05 bits per heavy atom. The lowest BCUT2D eigenvalue weighted by Gasteiger charge is -2.11. The molecular weight excluding hydrogens is 270 g/mol. The molecule has 0 bridgehead atoms. The molecule has 0 spiro atoms. The molecule has 1 N–H and O–H groups in total. The van der Waals surface area contributed by atoms with Gasteiger partial charge in [0.05, 0.1) is 6.10 Å². The van der Waals surface area contributed by atoms with Crippen molar-refractivity contribution in [3.63, 3.8) is 0 Å². The van der Waals surface area contributed by atoms with E-state index in [1.807, 2.05) is 35.7 Å². The first kappa shape index (κ1) is 13.3. The molecule has 0 aliphatic carbocycles. The Morgan fingerprint density at radius 1 is 1.35 bits per heavy atom. The molecule has 2 aromatic rings. The maximum Gasteiger partial charge on any atom is 0.251 e. The number of ether oxygens (including phenoxy) is 1. The molecule has 1 fully saturated rings. The van der Waals surface area contributed by atoms with Crippen LogP contribution in [0.1, 0.15) is 23.2 Å². The molecule has 1 aliphatic heterocycles. The summed E-state index contributed by atoms with van der Waals surface area (Å²) < 4.78 is 5.51. The van der Waals surface area contributed by atoms with Crippen LogP contribution < -0.4 is 5.32 Å². The summed E-state index contributed by atoms with van der Waals surface area (Å²) in [6.45, 7) is 1.41. The van der Waals surface area contributed by atoms with Gasteiger partial charge in [0.15, 0.2) is 0 Å². The van der Waals surface area contributed by atoms with E-state index in [4.69, 9.17) is 4.74 Å². The monoisotopic (exact) mass is 287 g/mol. The first-order valence-electron chi connectivity index (χ1n) is 6.87. The molecule has 1 amide bonds. The van der Waals surface area contributed by atoms with Crippen LogP contribution in [0.2, 0.25) is 0 Å². The molecule has 0 radical (unpaired) electrons. The van der Waals surface area contributed by atoms with Gasteiger partial charge in [-0.15, -0.1) is 11.3 Å². The van der Waals surface area contributed by atoms with E-state index < -0.39 is 0 Å². The highest BCUT2D eigenvalue weighted by Crippen LogP contribution is 2.25. The highest BCUT2D eigenvalue weighted by Gasteiger charge is 2.16. The molecule has 1 atom stereocenters. The van der Waals surface area contributed by atoms with Crippen LogP contribution in [-0.4, -0.2) is 25.2 Å². The number of amides is 1. The minimum absolute atomic E-state index is 0.0288. The van der Waals surface area contributed by atoms with Crippen molar-refractivity contribution < 1.29 is 9.53 Å². The number of rotatable bonds is 4. The van der Waals surface area contributed by atoms with Crippen molar-refractivity contribution in [1.29, 1.82) is 0 Å². The first-order chi connectivity index (χ1) is 9.83. The van der Waals surface area contributed by atoms with Gasteiger partial charge in [0.2, 0.25) is 0 Å². The predicted molar refractivity (Wildman–Crippen MR) is 81.1 cm³/mol. The van der Waals surface area contributed by atoms with Crippen LogP contribution in [0, 0.1) is 0 Å². The van der Waals surface area contributed by atoms with Crippen LogP contribution in [0.3, 0.4) is 0 Å². The molecule has 0 saturated carbocycles. The van der Waals surface area contributed by atoms with Gasteiger partial charge in [-0.25, -0.2) is 0 Å². The fourth-order valence-corrected chi connectivity index (χ4v) is 3.09. The third-order valence-corrected chi connectivity index (χ3v) is 4.36. The van der Waals surface area contributed by atoms with Gasteiger partial charge in [-0.1, -0.05) is 18.2 Å². The van der Waals surface area contributed by atoms with Crippen molar-refractivity contribution in [3.8, 4) is 10.4 Å². The van der Waals surface area contributed by atoms with E-state index in [0.717, 1.165) is 25.0 Å². The van der Waals surface area contributed by atoms with Gasteiger partial charge < -0.3 is 10.1 Å². The average molecular weight is 287 g/mol. The Morgan fingerprint density at radius 2 is 2.30 bits per heavy atom. The van der Waals surface area contributed by atoms with E-state index in [2.05, 4.69) is 11.4 Å². The first-order valence-corrected chi connectivity index (χ1v) is 7.74. The molecule has 1 saturated heterocycles. The van der Waals surface area contributed by atoms with Crippen molar-refractivity contribution in [2.24, 2.45) is 0 Å². The van der Waals surface area contributed by atoms with Crippen LogP contribution >= 0.6 is 11.3 Å². The van der Waals surface area contributed by atoms with Crippen molar-refractivity contribution in [2.75, 3.05) is 13.2 Å². The zero-order valence-corrected chi connectivity index (χ0v) is 12.0.